The molecule has 19 heavy (non-hydrogen) atoms. The lowest BCUT2D eigenvalue weighted by Crippen LogP contribution is -2.56. The van der Waals surface area contributed by atoms with E-state index in [1.807, 2.05) is 13.8 Å². The van der Waals surface area contributed by atoms with Crippen LogP contribution in [0.1, 0.15) is 40.0 Å². The highest BCUT2D eigenvalue weighted by molar-refractivity contribution is 5.98. The normalized spacial score (nSPS) is 33.3. The van der Waals surface area contributed by atoms with E-state index in [0.717, 1.165) is 6.42 Å². The van der Waals surface area contributed by atoms with Gasteiger partial charge in [0.2, 0.25) is 17.7 Å². The molecule has 2 aliphatic rings. The van der Waals surface area contributed by atoms with Crippen LogP contribution in [0, 0.1) is 5.41 Å². The molecule has 2 rings (SSSR count). The maximum Gasteiger partial charge on any atom is 0.248 e. The highest BCUT2D eigenvalue weighted by Crippen LogP contribution is 2.37. The van der Waals surface area contributed by atoms with Gasteiger partial charge >= 0.3 is 0 Å². The number of nitrogens with two attached hydrogens (primary N) is 1. The van der Waals surface area contributed by atoms with Gasteiger partial charge in [0, 0.05) is 12.0 Å². The minimum atomic E-state index is -0.932. The van der Waals surface area contributed by atoms with Crippen LogP contribution in [0.5, 0.6) is 0 Å². The summed E-state index contributed by atoms with van der Waals surface area (Å²) in [5.41, 5.74) is 3.83. The second-order valence-corrected chi connectivity index (χ2v) is 6.41. The van der Waals surface area contributed by atoms with Crippen molar-refractivity contribution < 1.29 is 14.4 Å². The zero-order chi connectivity index (χ0) is 14.4. The van der Waals surface area contributed by atoms with Crippen molar-refractivity contribution in [1.29, 1.82) is 0 Å². The summed E-state index contributed by atoms with van der Waals surface area (Å²) >= 11 is 0. The third-order valence-electron chi connectivity index (χ3n) is 4.11. The molecular weight excluding hydrogens is 246 g/mol. The molecule has 2 unspecified atom stereocenters. The van der Waals surface area contributed by atoms with Crippen molar-refractivity contribution in [2.45, 2.75) is 51.6 Å². The fourth-order valence-corrected chi connectivity index (χ4v) is 3.18. The Balaban J connectivity index is 2.21. The van der Waals surface area contributed by atoms with Crippen LogP contribution in [0.3, 0.4) is 0 Å². The number of carbonyl (C=O) groups is 3. The Morgan fingerprint density at radius 1 is 1.37 bits per heavy atom. The van der Waals surface area contributed by atoms with Gasteiger partial charge in [0.25, 0.3) is 0 Å². The quantitative estimate of drug-likeness (QED) is 0.723. The Morgan fingerprint density at radius 3 is 2.47 bits per heavy atom. The second-order valence-electron chi connectivity index (χ2n) is 6.41. The molecule has 6 nitrogen and oxygen atoms in total. The minimum Gasteiger partial charge on any atom is -0.368 e. The molecule has 6 heteroatoms. The number of amides is 3. The zero-order valence-electron chi connectivity index (χ0n) is 11.7. The summed E-state index contributed by atoms with van der Waals surface area (Å²) in [6.07, 6.45) is 1.81. The van der Waals surface area contributed by atoms with E-state index < -0.39 is 22.9 Å². The van der Waals surface area contributed by atoms with E-state index in [-0.39, 0.29) is 11.8 Å². The number of primary amides is 1. The summed E-state index contributed by atoms with van der Waals surface area (Å²) in [6.45, 7) is 5.88. The Morgan fingerprint density at radius 2 is 2.00 bits per heavy atom. The van der Waals surface area contributed by atoms with Gasteiger partial charge in [0.15, 0.2) is 0 Å². The predicted octanol–water partition coefficient (Wildman–Crippen LogP) is -0.232. The van der Waals surface area contributed by atoms with Crippen molar-refractivity contribution >= 4 is 17.7 Å². The fourth-order valence-electron chi connectivity index (χ4n) is 3.18. The van der Waals surface area contributed by atoms with Crippen LogP contribution in [-0.4, -0.2) is 40.7 Å². The van der Waals surface area contributed by atoms with Crippen molar-refractivity contribution in [3.63, 3.8) is 0 Å². The summed E-state index contributed by atoms with van der Waals surface area (Å²) < 4.78 is 0. The second kappa shape index (κ2) is 4.21. The molecule has 3 amide bonds. The number of rotatable bonds is 2. The zero-order valence-corrected chi connectivity index (χ0v) is 11.7. The van der Waals surface area contributed by atoms with Crippen molar-refractivity contribution in [1.82, 2.24) is 10.2 Å². The van der Waals surface area contributed by atoms with Gasteiger partial charge in [0.05, 0.1) is 0 Å². The molecule has 2 heterocycles. The molecule has 0 saturated carbocycles. The molecule has 2 fully saturated rings. The predicted molar refractivity (Wildman–Crippen MR) is 68.9 cm³/mol. The number of likely N-dealkylation sites (tertiary alicyclic amines) is 1. The average Bonchev–Trinajstić information content (AvgIpc) is 2.82. The van der Waals surface area contributed by atoms with E-state index in [0.29, 0.717) is 19.4 Å². The average molecular weight is 267 g/mol. The van der Waals surface area contributed by atoms with Gasteiger partial charge in [-0.3, -0.25) is 14.4 Å². The van der Waals surface area contributed by atoms with E-state index in [9.17, 15) is 14.4 Å². The smallest absolute Gasteiger partial charge is 0.248 e. The number of hydrogen-bond acceptors (Lipinski definition) is 3. The molecule has 0 aromatic carbocycles. The number of carbonyl (C=O) groups excluding carboxylic acids is 3. The van der Waals surface area contributed by atoms with Crippen molar-refractivity contribution in [3.05, 3.63) is 0 Å². The van der Waals surface area contributed by atoms with Crippen molar-refractivity contribution in [2.75, 3.05) is 6.54 Å². The molecule has 2 atom stereocenters. The number of hydrogen-bond donors (Lipinski definition) is 2. The van der Waals surface area contributed by atoms with Crippen LogP contribution in [0.15, 0.2) is 0 Å². The lowest BCUT2D eigenvalue weighted by atomic mass is 9.83. The largest absolute Gasteiger partial charge is 0.368 e. The lowest BCUT2D eigenvalue weighted by molar-refractivity contribution is -0.142. The van der Waals surface area contributed by atoms with Crippen LogP contribution < -0.4 is 11.1 Å². The van der Waals surface area contributed by atoms with E-state index in [2.05, 4.69) is 5.32 Å². The van der Waals surface area contributed by atoms with Gasteiger partial charge in [-0.2, -0.15) is 0 Å². The maximum absolute atomic E-state index is 12.6. The minimum absolute atomic E-state index is 0.127. The third-order valence-corrected chi connectivity index (χ3v) is 4.11. The summed E-state index contributed by atoms with van der Waals surface area (Å²) in [5.74, 6) is -0.802. The van der Waals surface area contributed by atoms with Crippen molar-refractivity contribution in [3.8, 4) is 0 Å². The Bertz CT molecular complexity index is 446. The first-order valence-electron chi connectivity index (χ1n) is 6.60. The molecule has 0 aliphatic carbocycles. The highest BCUT2D eigenvalue weighted by atomic mass is 16.2. The summed E-state index contributed by atoms with van der Waals surface area (Å²) in [4.78, 5) is 37.4. The Labute approximate surface area is 112 Å². The van der Waals surface area contributed by atoms with E-state index in [4.69, 9.17) is 5.73 Å². The first-order valence-corrected chi connectivity index (χ1v) is 6.60. The molecule has 0 spiro atoms. The molecule has 106 valence electrons. The summed E-state index contributed by atoms with van der Waals surface area (Å²) in [5, 5.41) is 2.77. The highest BCUT2D eigenvalue weighted by Gasteiger charge is 2.53. The van der Waals surface area contributed by atoms with Crippen LogP contribution >= 0.6 is 0 Å². The first-order chi connectivity index (χ1) is 8.67. The third kappa shape index (κ3) is 2.19. The fraction of sp³-hybridized carbons (Fsp3) is 0.769. The van der Waals surface area contributed by atoms with Gasteiger partial charge < -0.3 is 16.0 Å². The molecule has 3 N–H and O–H groups in total. The summed E-state index contributed by atoms with van der Waals surface area (Å²) in [7, 11) is 0. The SMILES string of the molecule is CC1(C)CC(C)(C(=O)N2CCCC2C(N)=O)NC1=O. The van der Waals surface area contributed by atoms with E-state index >= 15 is 0 Å². The number of nitrogens with zero attached hydrogens (tertiary/aromatic N) is 1. The van der Waals surface area contributed by atoms with Gasteiger partial charge in [-0.1, -0.05) is 13.8 Å². The summed E-state index contributed by atoms with van der Waals surface area (Å²) in [6, 6.07) is -0.537. The van der Waals surface area contributed by atoms with E-state index in [1.165, 1.54) is 4.90 Å². The van der Waals surface area contributed by atoms with Crippen LogP contribution in [0.2, 0.25) is 0 Å². The van der Waals surface area contributed by atoms with E-state index in [1.54, 1.807) is 6.92 Å². The van der Waals surface area contributed by atoms with Crippen LogP contribution in [0.4, 0.5) is 0 Å². The monoisotopic (exact) mass is 267 g/mol. The molecule has 0 aromatic heterocycles. The maximum atomic E-state index is 12.6. The topological polar surface area (TPSA) is 92.5 Å². The number of nitrogens with one attached hydrogen (secondary N) is 1. The Hall–Kier alpha value is -1.59. The van der Waals surface area contributed by atoms with Gasteiger partial charge in [-0.25, -0.2) is 0 Å². The Kier molecular flexibility index (Phi) is 3.07. The van der Waals surface area contributed by atoms with Crippen LogP contribution in [-0.2, 0) is 14.4 Å². The van der Waals surface area contributed by atoms with Gasteiger partial charge in [-0.05, 0) is 26.2 Å². The molecule has 2 saturated heterocycles. The molecule has 0 aromatic rings. The lowest BCUT2D eigenvalue weighted by Gasteiger charge is -2.32. The van der Waals surface area contributed by atoms with Gasteiger partial charge in [0.1, 0.15) is 11.6 Å². The molecular formula is C13H21N3O3. The molecule has 2 aliphatic heterocycles. The molecule has 0 bridgehead atoms. The standard InChI is InChI=1S/C13H21N3O3/c1-12(2)7-13(3,15-10(12)18)11(19)16-6-4-5-8(16)9(14)17/h8H,4-7H2,1-3H3,(H2,14,17)(H,15,18). The van der Waals surface area contributed by atoms with Gasteiger partial charge in [-0.15, -0.1) is 0 Å². The van der Waals surface area contributed by atoms with Crippen LogP contribution in [0.25, 0.3) is 0 Å². The molecule has 0 radical (unpaired) electrons. The van der Waals surface area contributed by atoms with Crippen molar-refractivity contribution in [2.24, 2.45) is 11.1 Å². The first kappa shape index (κ1) is 13.8.